The number of pyridine rings is 1. The van der Waals surface area contributed by atoms with Crippen molar-refractivity contribution in [3.8, 4) is 28.6 Å². The molecule has 4 aromatic rings. The number of nitriles is 1. The van der Waals surface area contributed by atoms with E-state index in [1.54, 1.807) is 6.07 Å². The van der Waals surface area contributed by atoms with Gasteiger partial charge in [0.2, 0.25) is 0 Å². The van der Waals surface area contributed by atoms with Gasteiger partial charge in [-0.2, -0.15) is 5.26 Å². The van der Waals surface area contributed by atoms with Gasteiger partial charge in [-0.1, -0.05) is 24.3 Å². The molecule has 1 aliphatic heterocycles. The summed E-state index contributed by atoms with van der Waals surface area (Å²) in [7, 11) is 0. The second kappa shape index (κ2) is 7.38. The van der Waals surface area contributed by atoms with Gasteiger partial charge in [-0.25, -0.2) is 0 Å². The van der Waals surface area contributed by atoms with Crippen molar-refractivity contribution in [1.82, 2.24) is 14.6 Å². The molecule has 1 fully saturated rings. The Kier molecular flexibility index (Phi) is 4.43. The lowest BCUT2D eigenvalue weighted by Gasteiger charge is -2.28. The second-order valence-corrected chi connectivity index (χ2v) is 7.01. The summed E-state index contributed by atoms with van der Waals surface area (Å²) in [6, 6.07) is 22.2. The molecule has 0 bridgehead atoms. The molecule has 0 N–H and O–H groups in total. The first-order chi connectivity index (χ1) is 14.3. The SMILES string of the molecule is N#Cc1cccc(-c2nnc3ccc(-c4ccc(N5CCOCC5)cc4)cn23)c1. The third-order valence-corrected chi connectivity index (χ3v) is 5.23. The number of benzene rings is 2. The first-order valence-electron chi connectivity index (χ1n) is 9.60. The fourth-order valence-electron chi connectivity index (χ4n) is 3.67. The number of aromatic nitrogens is 3. The molecule has 0 radical (unpaired) electrons. The van der Waals surface area contributed by atoms with E-state index in [2.05, 4.69) is 51.5 Å². The van der Waals surface area contributed by atoms with Crippen LogP contribution in [-0.4, -0.2) is 40.9 Å². The quantitative estimate of drug-likeness (QED) is 0.540. The van der Waals surface area contributed by atoms with Gasteiger partial charge in [0.05, 0.1) is 24.8 Å². The van der Waals surface area contributed by atoms with Gasteiger partial charge < -0.3 is 9.64 Å². The van der Waals surface area contributed by atoms with E-state index < -0.39 is 0 Å². The monoisotopic (exact) mass is 381 g/mol. The first-order valence-corrected chi connectivity index (χ1v) is 9.60. The second-order valence-electron chi connectivity index (χ2n) is 7.01. The van der Waals surface area contributed by atoms with Gasteiger partial charge in [0.1, 0.15) is 0 Å². The fourth-order valence-corrected chi connectivity index (χ4v) is 3.67. The summed E-state index contributed by atoms with van der Waals surface area (Å²) in [5.74, 6) is 0.726. The van der Waals surface area contributed by atoms with Gasteiger partial charge in [0.25, 0.3) is 0 Å². The van der Waals surface area contributed by atoms with E-state index in [4.69, 9.17) is 4.74 Å². The van der Waals surface area contributed by atoms with Crippen molar-refractivity contribution in [2.24, 2.45) is 0 Å². The molecular formula is C23H19N5O. The highest BCUT2D eigenvalue weighted by atomic mass is 16.5. The molecule has 6 heteroatoms. The molecule has 0 unspecified atom stereocenters. The summed E-state index contributed by atoms with van der Waals surface area (Å²) in [6.45, 7) is 3.41. The lowest BCUT2D eigenvalue weighted by atomic mass is 10.1. The molecule has 29 heavy (non-hydrogen) atoms. The molecule has 0 saturated carbocycles. The zero-order valence-corrected chi connectivity index (χ0v) is 15.8. The van der Waals surface area contributed by atoms with Gasteiger partial charge in [0, 0.05) is 30.5 Å². The van der Waals surface area contributed by atoms with Crippen LogP contribution in [0.2, 0.25) is 0 Å². The zero-order chi connectivity index (χ0) is 19.6. The standard InChI is InChI=1S/C23H19N5O/c24-15-17-2-1-3-19(14-17)23-26-25-22-9-6-20(16-28(22)23)18-4-7-21(8-5-18)27-10-12-29-13-11-27/h1-9,14,16H,10-13H2. The summed E-state index contributed by atoms with van der Waals surface area (Å²) >= 11 is 0. The van der Waals surface area contributed by atoms with Crippen molar-refractivity contribution in [2.75, 3.05) is 31.2 Å². The van der Waals surface area contributed by atoms with E-state index in [0.717, 1.165) is 54.5 Å². The summed E-state index contributed by atoms with van der Waals surface area (Å²) in [5.41, 5.74) is 5.69. The maximum atomic E-state index is 9.18. The number of fused-ring (bicyclic) bond motifs is 1. The number of ether oxygens (including phenoxy) is 1. The van der Waals surface area contributed by atoms with Gasteiger partial charge >= 0.3 is 0 Å². The third-order valence-electron chi connectivity index (χ3n) is 5.23. The Bertz CT molecular complexity index is 1200. The highest BCUT2D eigenvalue weighted by Crippen LogP contribution is 2.26. The van der Waals surface area contributed by atoms with Crippen molar-refractivity contribution in [2.45, 2.75) is 0 Å². The van der Waals surface area contributed by atoms with Crippen LogP contribution in [-0.2, 0) is 4.74 Å². The summed E-state index contributed by atoms with van der Waals surface area (Å²) < 4.78 is 7.41. The van der Waals surface area contributed by atoms with Crippen LogP contribution in [0, 0.1) is 11.3 Å². The topological polar surface area (TPSA) is 66.5 Å². The van der Waals surface area contributed by atoms with Crippen molar-refractivity contribution >= 4 is 11.3 Å². The number of anilines is 1. The van der Waals surface area contributed by atoms with Crippen molar-refractivity contribution < 1.29 is 4.74 Å². The van der Waals surface area contributed by atoms with Crippen LogP contribution < -0.4 is 4.90 Å². The van der Waals surface area contributed by atoms with Crippen LogP contribution in [0.3, 0.4) is 0 Å². The molecule has 1 saturated heterocycles. The first kappa shape index (κ1) is 17.4. The van der Waals surface area contributed by atoms with Crippen molar-refractivity contribution in [1.29, 1.82) is 5.26 Å². The Morgan fingerprint density at radius 2 is 1.66 bits per heavy atom. The van der Waals surface area contributed by atoms with Crippen molar-refractivity contribution in [3.63, 3.8) is 0 Å². The Morgan fingerprint density at radius 1 is 0.862 bits per heavy atom. The van der Waals surface area contributed by atoms with Crippen molar-refractivity contribution in [3.05, 3.63) is 72.4 Å². The predicted molar refractivity (Wildman–Crippen MR) is 112 cm³/mol. The lowest BCUT2D eigenvalue weighted by Crippen LogP contribution is -2.36. The minimum absolute atomic E-state index is 0.606. The molecule has 1 aliphatic rings. The van der Waals surface area contributed by atoms with Crippen LogP contribution in [0.25, 0.3) is 28.2 Å². The van der Waals surface area contributed by atoms with Crippen LogP contribution in [0.5, 0.6) is 0 Å². The van der Waals surface area contributed by atoms with Gasteiger partial charge in [-0.3, -0.25) is 4.40 Å². The zero-order valence-electron chi connectivity index (χ0n) is 15.8. The van der Waals surface area contributed by atoms with Crippen LogP contribution >= 0.6 is 0 Å². The molecule has 6 nitrogen and oxygen atoms in total. The average Bonchev–Trinajstić information content (AvgIpc) is 3.23. The number of hydrogen-bond donors (Lipinski definition) is 0. The van der Waals surface area contributed by atoms with E-state index >= 15 is 0 Å². The predicted octanol–water partition coefficient (Wildman–Crippen LogP) is 3.77. The average molecular weight is 381 g/mol. The smallest absolute Gasteiger partial charge is 0.168 e. The number of nitrogens with zero attached hydrogens (tertiary/aromatic N) is 5. The molecule has 3 heterocycles. The van der Waals surface area contributed by atoms with E-state index in [1.165, 1.54) is 5.69 Å². The number of hydrogen-bond acceptors (Lipinski definition) is 5. The van der Waals surface area contributed by atoms with E-state index in [1.807, 2.05) is 34.9 Å². The summed E-state index contributed by atoms with van der Waals surface area (Å²) in [5, 5.41) is 17.8. The van der Waals surface area contributed by atoms with Crippen LogP contribution in [0.15, 0.2) is 66.9 Å². The highest BCUT2D eigenvalue weighted by Gasteiger charge is 2.12. The molecule has 0 aliphatic carbocycles. The van der Waals surface area contributed by atoms with Gasteiger partial charge in [-0.05, 0) is 47.5 Å². The summed E-state index contributed by atoms with van der Waals surface area (Å²) in [4.78, 5) is 2.34. The lowest BCUT2D eigenvalue weighted by molar-refractivity contribution is 0.122. The van der Waals surface area contributed by atoms with Crippen LogP contribution in [0.1, 0.15) is 5.56 Å². The van der Waals surface area contributed by atoms with E-state index in [0.29, 0.717) is 5.56 Å². The van der Waals surface area contributed by atoms with E-state index in [9.17, 15) is 5.26 Å². The minimum Gasteiger partial charge on any atom is -0.378 e. The van der Waals surface area contributed by atoms with E-state index in [-0.39, 0.29) is 0 Å². The number of rotatable bonds is 3. The third kappa shape index (κ3) is 3.33. The molecule has 142 valence electrons. The fraction of sp³-hybridized carbons (Fsp3) is 0.174. The Morgan fingerprint density at radius 3 is 2.45 bits per heavy atom. The van der Waals surface area contributed by atoms with Crippen LogP contribution in [0.4, 0.5) is 5.69 Å². The van der Waals surface area contributed by atoms with Gasteiger partial charge in [-0.15, -0.1) is 10.2 Å². The minimum atomic E-state index is 0.606. The molecule has 5 rings (SSSR count). The molecule has 0 spiro atoms. The molecular weight excluding hydrogens is 362 g/mol. The normalized spacial score (nSPS) is 14.1. The van der Waals surface area contributed by atoms with Gasteiger partial charge in [0.15, 0.2) is 11.5 Å². The molecule has 2 aromatic heterocycles. The Balaban J connectivity index is 1.50. The molecule has 0 atom stereocenters. The Hall–Kier alpha value is -3.69. The highest BCUT2D eigenvalue weighted by molar-refractivity contribution is 5.69. The Labute approximate surface area is 168 Å². The molecule has 0 amide bonds. The maximum absolute atomic E-state index is 9.18. The molecule has 2 aromatic carbocycles. The maximum Gasteiger partial charge on any atom is 0.168 e. The number of morpholine rings is 1. The largest absolute Gasteiger partial charge is 0.378 e. The summed E-state index contributed by atoms with van der Waals surface area (Å²) in [6.07, 6.45) is 2.05.